The van der Waals surface area contributed by atoms with Crippen molar-refractivity contribution < 1.29 is 9.53 Å². The molecule has 1 saturated heterocycles. The Hall–Kier alpha value is -1.35. The van der Waals surface area contributed by atoms with Gasteiger partial charge in [0.25, 0.3) is 0 Å². The molecule has 0 aromatic heterocycles. The molecule has 0 atom stereocenters. The zero-order chi connectivity index (χ0) is 15.2. The van der Waals surface area contributed by atoms with Crippen molar-refractivity contribution in [3.63, 3.8) is 0 Å². The predicted octanol–water partition coefficient (Wildman–Crippen LogP) is 3.64. The highest BCUT2D eigenvalue weighted by Crippen LogP contribution is 2.23. The van der Waals surface area contributed by atoms with Gasteiger partial charge in [-0.05, 0) is 69.1 Å². The molecule has 3 heteroatoms. The van der Waals surface area contributed by atoms with Crippen LogP contribution in [0.1, 0.15) is 43.5 Å². The lowest BCUT2D eigenvalue weighted by molar-refractivity contribution is 0.0836. The van der Waals surface area contributed by atoms with Gasteiger partial charge in [0, 0.05) is 11.5 Å². The lowest BCUT2D eigenvalue weighted by Crippen LogP contribution is -2.37. The predicted molar refractivity (Wildman–Crippen MR) is 85.9 cm³/mol. The zero-order valence-corrected chi connectivity index (χ0v) is 13.5. The third-order valence-corrected chi connectivity index (χ3v) is 4.36. The van der Waals surface area contributed by atoms with Crippen LogP contribution in [-0.4, -0.2) is 37.4 Å². The Morgan fingerprint density at radius 3 is 2.38 bits per heavy atom. The van der Waals surface area contributed by atoms with Gasteiger partial charge in [0.1, 0.15) is 5.75 Å². The fraction of sp³-hybridized carbons (Fsp3) is 0.611. The molecule has 3 nitrogen and oxygen atoms in total. The van der Waals surface area contributed by atoms with Gasteiger partial charge in [-0.3, -0.25) is 4.79 Å². The molecule has 0 amide bonds. The maximum absolute atomic E-state index is 12.5. The number of hydrogen-bond donors (Lipinski definition) is 0. The number of hydrogen-bond acceptors (Lipinski definition) is 3. The first-order valence-corrected chi connectivity index (χ1v) is 8.00. The second kappa shape index (κ2) is 7.60. The molecule has 1 fully saturated rings. The fourth-order valence-electron chi connectivity index (χ4n) is 2.85. The summed E-state index contributed by atoms with van der Waals surface area (Å²) >= 11 is 0. The largest absolute Gasteiger partial charge is 0.497 e. The lowest BCUT2D eigenvalue weighted by Gasteiger charge is -2.31. The Balaban J connectivity index is 1.84. The van der Waals surface area contributed by atoms with Crippen molar-refractivity contribution in [2.24, 2.45) is 11.8 Å². The standard InChI is InChI=1S/C18H27NO2/c1-14(2)8-11-19-12-9-16(10-13-19)18(20)15-4-6-17(21-3)7-5-15/h4-7,14,16H,8-13H2,1-3H3. The van der Waals surface area contributed by atoms with Crippen molar-refractivity contribution in [2.45, 2.75) is 33.1 Å². The summed E-state index contributed by atoms with van der Waals surface area (Å²) in [5.74, 6) is 2.04. The molecular formula is C18H27NO2. The highest BCUT2D eigenvalue weighted by atomic mass is 16.5. The number of benzene rings is 1. The maximum atomic E-state index is 12.5. The summed E-state index contributed by atoms with van der Waals surface area (Å²) in [6, 6.07) is 7.49. The van der Waals surface area contributed by atoms with Gasteiger partial charge in [0.05, 0.1) is 7.11 Å². The molecule has 1 aromatic rings. The van der Waals surface area contributed by atoms with E-state index in [1.807, 2.05) is 24.3 Å². The smallest absolute Gasteiger partial charge is 0.166 e. The minimum Gasteiger partial charge on any atom is -0.497 e. The number of ketones is 1. The van der Waals surface area contributed by atoms with E-state index in [9.17, 15) is 4.79 Å². The van der Waals surface area contributed by atoms with Gasteiger partial charge in [-0.1, -0.05) is 13.8 Å². The molecule has 0 N–H and O–H groups in total. The van der Waals surface area contributed by atoms with E-state index in [0.717, 1.165) is 43.2 Å². The first kappa shape index (κ1) is 16.0. The summed E-state index contributed by atoms with van der Waals surface area (Å²) in [6.45, 7) is 7.81. The van der Waals surface area contributed by atoms with Gasteiger partial charge in [-0.25, -0.2) is 0 Å². The van der Waals surface area contributed by atoms with E-state index in [4.69, 9.17) is 4.74 Å². The van der Waals surface area contributed by atoms with Crippen LogP contribution >= 0.6 is 0 Å². The fourth-order valence-corrected chi connectivity index (χ4v) is 2.85. The van der Waals surface area contributed by atoms with Crippen LogP contribution in [0.15, 0.2) is 24.3 Å². The molecule has 1 aliphatic heterocycles. The Morgan fingerprint density at radius 2 is 1.86 bits per heavy atom. The first-order valence-electron chi connectivity index (χ1n) is 8.00. The number of ether oxygens (including phenoxy) is 1. The van der Waals surface area contributed by atoms with E-state index in [2.05, 4.69) is 18.7 Å². The number of methoxy groups -OCH3 is 1. The van der Waals surface area contributed by atoms with E-state index >= 15 is 0 Å². The molecule has 0 bridgehead atoms. The number of piperidine rings is 1. The van der Waals surface area contributed by atoms with Crippen molar-refractivity contribution in [1.82, 2.24) is 4.90 Å². The highest BCUT2D eigenvalue weighted by molar-refractivity contribution is 5.98. The summed E-state index contributed by atoms with van der Waals surface area (Å²) in [4.78, 5) is 15.0. The summed E-state index contributed by atoms with van der Waals surface area (Å²) in [5, 5.41) is 0. The topological polar surface area (TPSA) is 29.5 Å². The van der Waals surface area contributed by atoms with Crippen LogP contribution < -0.4 is 4.74 Å². The molecule has 21 heavy (non-hydrogen) atoms. The van der Waals surface area contributed by atoms with Crippen molar-refractivity contribution in [2.75, 3.05) is 26.7 Å². The van der Waals surface area contributed by atoms with Crippen molar-refractivity contribution >= 4 is 5.78 Å². The normalized spacial score (nSPS) is 17.1. The molecule has 0 spiro atoms. The van der Waals surface area contributed by atoms with Crippen LogP contribution in [0.5, 0.6) is 5.75 Å². The molecular weight excluding hydrogens is 262 g/mol. The van der Waals surface area contributed by atoms with Gasteiger partial charge in [0.2, 0.25) is 0 Å². The molecule has 0 unspecified atom stereocenters. The number of Topliss-reactive ketones (excluding diaryl/α,β-unsaturated/α-hetero) is 1. The number of nitrogens with zero attached hydrogens (tertiary/aromatic N) is 1. The molecule has 1 heterocycles. The van der Waals surface area contributed by atoms with Crippen LogP contribution in [0, 0.1) is 11.8 Å². The van der Waals surface area contributed by atoms with Crippen molar-refractivity contribution in [3.05, 3.63) is 29.8 Å². The van der Waals surface area contributed by atoms with E-state index in [1.165, 1.54) is 13.0 Å². The molecule has 0 saturated carbocycles. The Labute approximate surface area is 128 Å². The number of carbonyl (C=O) groups is 1. The van der Waals surface area contributed by atoms with Gasteiger partial charge in [0.15, 0.2) is 5.78 Å². The average molecular weight is 289 g/mol. The van der Waals surface area contributed by atoms with Crippen LogP contribution in [0.3, 0.4) is 0 Å². The van der Waals surface area contributed by atoms with Crippen LogP contribution in [0.4, 0.5) is 0 Å². The maximum Gasteiger partial charge on any atom is 0.166 e. The quantitative estimate of drug-likeness (QED) is 0.749. The van der Waals surface area contributed by atoms with Crippen LogP contribution in [0.25, 0.3) is 0 Å². The Kier molecular flexibility index (Phi) is 5.80. The highest BCUT2D eigenvalue weighted by Gasteiger charge is 2.25. The second-order valence-electron chi connectivity index (χ2n) is 6.39. The Bertz CT molecular complexity index is 445. The van der Waals surface area contributed by atoms with Crippen molar-refractivity contribution in [3.8, 4) is 5.75 Å². The zero-order valence-electron chi connectivity index (χ0n) is 13.5. The summed E-state index contributed by atoms with van der Waals surface area (Å²) in [5.41, 5.74) is 0.816. The van der Waals surface area contributed by atoms with E-state index in [-0.39, 0.29) is 5.92 Å². The van der Waals surface area contributed by atoms with Gasteiger partial charge < -0.3 is 9.64 Å². The van der Waals surface area contributed by atoms with Gasteiger partial charge >= 0.3 is 0 Å². The molecule has 116 valence electrons. The summed E-state index contributed by atoms with van der Waals surface area (Å²) < 4.78 is 5.14. The number of carbonyl (C=O) groups excluding carboxylic acids is 1. The minimum atomic E-state index is 0.189. The van der Waals surface area contributed by atoms with Crippen LogP contribution in [0.2, 0.25) is 0 Å². The molecule has 1 aliphatic rings. The monoisotopic (exact) mass is 289 g/mol. The third kappa shape index (κ3) is 4.57. The molecule has 2 rings (SSSR count). The SMILES string of the molecule is COc1ccc(C(=O)C2CCN(CCC(C)C)CC2)cc1. The van der Waals surface area contributed by atoms with Gasteiger partial charge in [-0.2, -0.15) is 0 Å². The number of rotatable bonds is 6. The minimum absolute atomic E-state index is 0.189. The van der Waals surface area contributed by atoms with E-state index in [0.29, 0.717) is 5.78 Å². The summed E-state index contributed by atoms with van der Waals surface area (Å²) in [7, 11) is 1.64. The number of likely N-dealkylation sites (tertiary alicyclic amines) is 1. The Morgan fingerprint density at radius 1 is 1.24 bits per heavy atom. The summed E-state index contributed by atoms with van der Waals surface area (Å²) in [6.07, 6.45) is 3.23. The molecule has 1 aromatic carbocycles. The van der Waals surface area contributed by atoms with E-state index < -0.39 is 0 Å². The molecule has 0 aliphatic carbocycles. The van der Waals surface area contributed by atoms with Gasteiger partial charge in [-0.15, -0.1) is 0 Å². The molecule has 0 radical (unpaired) electrons. The average Bonchev–Trinajstić information content (AvgIpc) is 2.53. The first-order chi connectivity index (χ1) is 10.1. The second-order valence-corrected chi connectivity index (χ2v) is 6.39. The van der Waals surface area contributed by atoms with Crippen LogP contribution in [-0.2, 0) is 0 Å². The van der Waals surface area contributed by atoms with E-state index in [1.54, 1.807) is 7.11 Å². The lowest BCUT2D eigenvalue weighted by atomic mass is 9.88. The van der Waals surface area contributed by atoms with Crippen molar-refractivity contribution in [1.29, 1.82) is 0 Å². The third-order valence-electron chi connectivity index (χ3n) is 4.36.